The second kappa shape index (κ2) is 5.45. The topological polar surface area (TPSA) is 71.1 Å². The molecule has 2 amide bonds. The number of pyridine rings is 1. The number of hydrazine groups is 1. The van der Waals surface area contributed by atoms with E-state index in [9.17, 15) is 9.59 Å². The summed E-state index contributed by atoms with van der Waals surface area (Å²) in [5.41, 5.74) is 4.75. The van der Waals surface area contributed by atoms with Crippen LogP contribution in [0.4, 0.5) is 0 Å². The van der Waals surface area contributed by atoms with E-state index in [0.29, 0.717) is 11.0 Å². The molecule has 0 aliphatic heterocycles. The largest absolute Gasteiger partial charge is 0.288 e. The molecule has 2 N–H and O–H groups in total. The molecule has 0 radical (unpaired) electrons. The van der Waals surface area contributed by atoms with Crippen LogP contribution in [-0.2, 0) is 4.79 Å². The Balaban J connectivity index is 2.58. The van der Waals surface area contributed by atoms with Crippen molar-refractivity contribution in [1.82, 2.24) is 15.8 Å². The van der Waals surface area contributed by atoms with Crippen LogP contribution in [0.15, 0.2) is 22.8 Å². The van der Waals surface area contributed by atoms with Crippen molar-refractivity contribution in [2.24, 2.45) is 0 Å². The summed E-state index contributed by atoms with van der Waals surface area (Å²) in [5, 5.41) is 0. The fourth-order valence-corrected chi connectivity index (χ4v) is 1.16. The van der Waals surface area contributed by atoms with Crippen LogP contribution in [-0.4, -0.2) is 16.8 Å². The lowest BCUT2D eigenvalue weighted by atomic mass is 10.3. The van der Waals surface area contributed by atoms with E-state index in [1.54, 1.807) is 25.1 Å². The Morgan fingerprint density at radius 3 is 2.73 bits per heavy atom. The van der Waals surface area contributed by atoms with Crippen molar-refractivity contribution in [2.75, 3.05) is 0 Å². The van der Waals surface area contributed by atoms with E-state index in [2.05, 4.69) is 31.8 Å². The van der Waals surface area contributed by atoms with Crippen LogP contribution in [0.2, 0.25) is 0 Å². The van der Waals surface area contributed by atoms with Gasteiger partial charge in [0.2, 0.25) is 5.91 Å². The minimum Gasteiger partial charge on any atom is -0.273 e. The highest BCUT2D eigenvalue weighted by molar-refractivity contribution is 9.10. The monoisotopic (exact) mass is 271 g/mol. The van der Waals surface area contributed by atoms with Crippen LogP contribution >= 0.6 is 15.9 Å². The number of carbonyl (C=O) groups excluding carboxylic acids is 2. The van der Waals surface area contributed by atoms with E-state index >= 15 is 0 Å². The molecule has 0 aliphatic rings. The van der Waals surface area contributed by atoms with Gasteiger partial charge in [-0.3, -0.25) is 20.4 Å². The fraction of sp³-hybridized carbons (Fsp3) is 0.222. The van der Waals surface area contributed by atoms with E-state index in [4.69, 9.17) is 0 Å². The summed E-state index contributed by atoms with van der Waals surface area (Å²) in [6.07, 6.45) is 0.312. The predicted octanol–water partition coefficient (Wildman–Crippen LogP) is 1.02. The van der Waals surface area contributed by atoms with E-state index in [0.717, 1.165) is 0 Å². The molecule has 80 valence electrons. The van der Waals surface area contributed by atoms with E-state index in [1.165, 1.54) is 0 Å². The average Bonchev–Trinajstić information content (AvgIpc) is 2.25. The molecule has 0 atom stereocenters. The number of halogens is 1. The molecule has 0 spiro atoms. The van der Waals surface area contributed by atoms with Gasteiger partial charge in [-0.25, -0.2) is 4.98 Å². The van der Waals surface area contributed by atoms with Crippen molar-refractivity contribution in [2.45, 2.75) is 13.3 Å². The summed E-state index contributed by atoms with van der Waals surface area (Å²) in [6.45, 7) is 1.69. The normalized spacial score (nSPS) is 9.47. The Morgan fingerprint density at radius 1 is 1.40 bits per heavy atom. The van der Waals surface area contributed by atoms with E-state index in [1.807, 2.05) is 0 Å². The number of hydrogen-bond donors (Lipinski definition) is 2. The Morgan fingerprint density at radius 2 is 2.13 bits per heavy atom. The molecule has 1 aromatic rings. The number of nitrogens with zero attached hydrogens (tertiary/aromatic N) is 1. The maximum absolute atomic E-state index is 11.4. The van der Waals surface area contributed by atoms with Gasteiger partial charge in [-0.2, -0.15) is 0 Å². The van der Waals surface area contributed by atoms with Crippen molar-refractivity contribution in [1.29, 1.82) is 0 Å². The standard InChI is InChI=1S/C9H10BrN3O2/c1-2-8(14)12-13-9(15)6-4-3-5-7(10)11-6/h3-5H,2H2,1H3,(H,12,14)(H,13,15). The van der Waals surface area contributed by atoms with Crippen molar-refractivity contribution < 1.29 is 9.59 Å². The van der Waals surface area contributed by atoms with Crippen molar-refractivity contribution in [3.05, 3.63) is 28.5 Å². The third-order valence-corrected chi connectivity index (χ3v) is 2.03. The first-order valence-corrected chi connectivity index (χ1v) is 5.14. The molecule has 0 unspecified atom stereocenters. The highest BCUT2D eigenvalue weighted by Crippen LogP contribution is 2.05. The van der Waals surface area contributed by atoms with E-state index < -0.39 is 5.91 Å². The van der Waals surface area contributed by atoms with Crippen LogP contribution in [0, 0.1) is 0 Å². The van der Waals surface area contributed by atoms with Crippen LogP contribution in [0.25, 0.3) is 0 Å². The third-order valence-electron chi connectivity index (χ3n) is 1.58. The summed E-state index contributed by atoms with van der Waals surface area (Å²) < 4.78 is 0.567. The first-order valence-electron chi connectivity index (χ1n) is 4.35. The molecule has 5 nitrogen and oxygen atoms in total. The summed E-state index contributed by atoms with van der Waals surface area (Å²) in [5.74, 6) is -0.698. The Bertz CT molecular complexity index is 381. The lowest BCUT2D eigenvalue weighted by molar-refractivity contribution is -0.121. The van der Waals surface area contributed by atoms with Crippen LogP contribution in [0.5, 0.6) is 0 Å². The highest BCUT2D eigenvalue weighted by Gasteiger charge is 2.07. The number of carbonyl (C=O) groups is 2. The fourth-order valence-electron chi connectivity index (χ4n) is 0.814. The molecule has 0 bridgehead atoms. The molecule has 0 saturated heterocycles. The van der Waals surface area contributed by atoms with Gasteiger partial charge in [0, 0.05) is 6.42 Å². The zero-order valence-corrected chi connectivity index (χ0v) is 9.67. The summed E-state index contributed by atoms with van der Waals surface area (Å²) in [4.78, 5) is 26.2. The highest BCUT2D eigenvalue weighted by atomic mass is 79.9. The van der Waals surface area contributed by atoms with Gasteiger partial charge in [0.15, 0.2) is 0 Å². The van der Waals surface area contributed by atoms with E-state index in [-0.39, 0.29) is 11.6 Å². The Labute approximate surface area is 95.4 Å². The van der Waals surface area contributed by atoms with Gasteiger partial charge in [-0.15, -0.1) is 0 Å². The van der Waals surface area contributed by atoms with Crippen molar-refractivity contribution >= 4 is 27.7 Å². The first kappa shape index (κ1) is 11.6. The number of hydrogen-bond acceptors (Lipinski definition) is 3. The zero-order chi connectivity index (χ0) is 11.3. The van der Waals surface area contributed by atoms with Crippen molar-refractivity contribution in [3.8, 4) is 0 Å². The van der Waals surface area contributed by atoms with Gasteiger partial charge < -0.3 is 0 Å². The van der Waals surface area contributed by atoms with Crippen LogP contribution in [0.1, 0.15) is 23.8 Å². The molecule has 1 aromatic heterocycles. The maximum atomic E-state index is 11.4. The molecule has 0 fully saturated rings. The molecule has 6 heteroatoms. The SMILES string of the molecule is CCC(=O)NNC(=O)c1cccc(Br)n1. The second-order valence-electron chi connectivity index (χ2n) is 2.70. The molecule has 0 saturated carbocycles. The maximum Gasteiger partial charge on any atom is 0.288 e. The van der Waals surface area contributed by atoms with Gasteiger partial charge >= 0.3 is 0 Å². The van der Waals surface area contributed by atoms with Crippen molar-refractivity contribution in [3.63, 3.8) is 0 Å². The van der Waals surface area contributed by atoms with Gasteiger partial charge in [0.05, 0.1) is 0 Å². The molecule has 15 heavy (non-hydrogen) atoms. The predicted molar refractivity (Wildman–Crippen MR) is 57.8 cm³/mol. The number of nitrogens with one attached hydrogen (secondary N) is 2. The molecule has 1 heterocycles. The summed E-state index contributed by atoms with van der Waals surface area (Å²) >= 11 is 3.15. The molecule has 1 rings (SSSR count). The van der Waals surface area contributed by atoms with Gasteiger partial charge in [0.25, 0.3) is 5.91 Å². The number of amides is 2. The average molecular weight is 272 g/mol. The molecular weight excluding hydrogens is 262 g/mol. The van der Waals surface area contributed by atoms with Gasteiger partial charge in [-0.1, -0.05) is 13.0 Å². The Kier molecular flexibility index (Phi) is 4.23. The van der Waals surface area contributed by atoms with Crippen LogP contribution < -0.4 is 10.9 Å². The quantitative estimate of drug-likeness (QED) is 0.623. The number of rotatable bonds is 2. The molecule has 0 aliphatic carbocycles. The van der Waals surface area contributed by atoms with Crippen LogP contribution in [0.3, 0.4) is 0 Å². The lowest BCUT2D eigenvalue weighted by Crippen LogP contribution is -2.41. The summed E-state index contributed by atoms with van der Waals surface area (Å²) in [6, 6.07) is 4.95. The Hall–Kier alpha value is -1.43. The third kappa shape index (κ3) is 3.67. The zero-order valence-electron chi connectivity index (χ0n) is 8.08. The smallest absolute Gasteiger partial charge is 0.273 e. The summed E-state index contributed by atoms with van der Waals surface area (Å²) in [7, 11) is 0. The minimum atomic E-state index is -0.446. The van der Waals surface area contributed by atoms with Gasteiger partial charge in [0.1, 0.15) is 10.3 Å². The lowest BCUT2D eigenvalue weighted by Gasteiger charge is -2.05. The molecule has 0 aromatic carbocycles. The first-order chi connectivity index (χ1) is 7.13. The second-order valence-corrected chi connectivity index (χ2v) is 3.51. The minimum absolute atomic E-state index is 0.237. The number of aromatic nitrogens is 1. The van der Waals surface area contributed by atoms with Gasteiger partial charge in [-0.05, 0) is 28.1 Å². The molecular formula is C9H10BrN3O2.